The standard InChI is InChI=1S/C20H23NO4/c1-13(3-4-14-5-6-17(22)18(7-14)23-2)21-10-15-8-19-20(25-12-24-19)9-16(15)11-21/h5-9,13,22H,3-4,10-12H2,1-2H3. The van der Waals surface area contributed by atoms with Crippen LogP contribution in [0.3, 0.4) is 0 Å². The molecule has 0 radical (unpaired) electrons. The third-order valence-corrected chi connectivity index (χ3v) is 5.16. The molecule has 132 valence electrons. The lowest BCUT2D eigenvalue weighted by atomic mass is 10.0. The van der Waals surface area contributed by atoms with Crippen molar-refractivity contribution < 1.29 is 19.3 Å². The maximum atomic E-state index is 9.70. The van der Waals surface area contributed by atoms with E-state index in [2.05, 4.69) is 24.0 Å². The summed E-state index contributed by atoms with van der Waals surface area (Å²) in [5.41, 5.74) is 3.85. The first-order chi connectivity index (χ1) is 12.1. The van der Waals surface area contributed by atoms with Crippen molar-refractivity contribution >= 4 is 0 Å². The van der Waals surface area contributed by atoms with Gasteiger partial charge in [0.25, 0.3) is 0 Å². The number of phenolic OH excluding ortho intramolecular Hbond substituents is 1. The zero-order valence-electron chi connectivity index (χ0n) is 14.6. The summed E-state index contributed by atoms with van der Waals surface area (Å²) in [4.78, 5) is 2.48. The van der Waals surface area contributed by atoms with Gasteiger partial charge in [0.2, 0.25) is 6.79 Å². The normalized spacial score (nSPS) is 16.7. The second-order valence-corrected chi connectivity index (χ2v) is 6.77. The van der Waals surface area contributed by atoms with Gasteiger partial charge in [-0.1, -0.05) is 6.07 Å². The summed E-state index contributed by atoms with van der Waals surface area (Å²) in [5.74, 6) is 2.45. The monoisotopic (exact) mass is 341 g/mol. The Kier molecular flexibility index (Phi) is 4.17. The van der Waals surface area contributed by atoms with Crippen LogP contribution in [0.4, 0.5) is 0 Å². The first-order valence-corrected chi connectivity index (χ1v) is 8.65. The van der Waals surface area contributed by atoms with E-state index in [0.717, 1.165) is 37.4 Å². The van der Waals surface area contributed by atoms with Crippen molar-refractivity contribution in [1.82, 2.24) is 4.90 Å². The SMILES string of the molecule is COc1cc(CCC(C)N2Cc3cc4c(cc3C2)OCO4)ccc1O. The van der Waals surface area contributed by atoms with E-state index < -0.39 is 0 Å². The highest BCUT2D eigenvalue weighted by molar-refractivity contribution is 5.50. The van der Waals surface area contributed by atoms with E-state index in [0.29, 0.717) is 18.6 Å². The number of phenols is 1. The van der Waals surface area contributed by atoms with Gasteiger partial charge in [0.1, 0.15) is 0 Å². The van der Waals surface area contributed by atoms with Crippen molar-refractivity contribution in [3.8, 4) is 23.0 Å². The lowest BCUT2D eigenvalue weighted by Crippen LogP contribution is -2.28. The predicted molar refractivity (Wildman–Crippen MR) is 94.3 cm³/mol. The topological polar surface area (TPSA) is 51.2 Å². The molecule has 1 N–H and O–H groups in total. The maximum Gasteiger partial charge on any atom is 0.231 e. The molecule has 5 nitrogen and oxygen atoms in total. The molecule has 0 aliphatic carbocycles. The van der Waals surface area contributed by atoms with Crippen molar-refractivity contribution in [2.45, 2.75) is 38.9 Å². The Hall–Kier alpha value is -2.40. The van der Waals surface area contributed by atoms with Crippen molar-refractivity contribution in [3.05, 3.63) is 47.0 Å². The van der Waals surface area contributed by atoms with Crippen LogP contribution in [0.25, 0.3) is 0 Å². The summed E-state index contributed by atoms with van der Waals surface area (Å²) in [6, 6.07) is 10.3. The van der Waals surface area contributed by atoms with Crippen LogP contribution < -0.4 is 14.2 Å². The minimum absolute atomic E-state index is 0.187. The fourth-order valence-electron chi connectivity index (χ4n) is 3.56. The van der Waals surface area contributed by atoms with E-state index >= 15 is 0 Å². The molecule has 5 heteroatoms. The van der Waals surface area contributed by atoms with E-state index in [1.165, 1.54) is 16.7 Å². The van der Waals surface area contributed by atoms with Crippen LogP contribution in [-0.2, 0) is 19.5 Å². The summed E-state index contributed by atoms with van der Waals surface area (Å²) >= 11 is 0. The van der Waals surface area contributed by atoms with Gasteiger partial charge < -0.3 is 19.3 Å². The second-order valence-electron chi connectivity index (χ2n) is 6.77. The summed E-state index contributed by atoms with van der Waals surface area (Å²) in [6.45, 7) is 4.50. The number of hydrogen-bond donors (Lipinski definition) is 1. The number of benzene rings is 2. The molecular formula is C20H23NO4. The van der Waals surface area contributed by atoms with Gasteiger partial charge in [-0.05, 0) is 60.7 Å². The third-order valence-electron chi connectivity index (χ3n) is 5.16. The quantitative estimate of drug-likeness (QED) is 0.902. The predicted octanol–water partition coefficient (Wildman–Crippen LogP) is 3.47. The molecule has 0 amide bonds. The largest absolute Gasteiger partial charge is 0.504 e. The number of fused-ring (bicyclic) bond motifs is 2. The molecule has 0 saturated heterocycles. The van der Waals surface area contributed by atoms with Crippen LogP contribution in [0.15, 0.2) is 30.3 Å². The summed E-state index contributed by atoms with van der Waals surface area (Å²) in [5, 5.41) is 9.70. The first kappa shape index (κ1) is 16.1. The Labute approximate surface area is 147 Å². The van der Waals surface area contributed by atoms with Crippen molar-refractivity contribution in [3.63, 3.8) is 0 Å². The van der Waals surface area contributed by atoms with Crippen molar-refractivity contribution in [2.75, 3.05) is 13.9 Å². The number of rotatable bonds is 5. The molecular weight excluding hydrogens is 318 g/mol. The Bertz CT molecular complexity index is 757. The average molecular weight is 341 g/mol. The minimum Gasteiger partial charge on any atom is -0.504 e. The maximum absolute atomic E-state index is 9.70. The Balaban J connectivity index is 1.38. The molecule has 0 spiro atoms. The second kappa shape index (κ2) is 6.48. The van der Waals surface area contributed by atoms with E-state index in [9.17, 15) is 5.11 Å². The Morgan fingerprint density at radius 2 is 1.80 bits per heavy atom. The summed E-state index contributed by atoms with van der Waals surface area (Å²) in [6.07, 6.45) is 2.00. The van der Waals surface area contributed by atoms with Crippen molar-refractivity contribution in [2.24, 2.45) is 0 Å². The lowest BCUT2D eigenvalue weighted by Gasteiger charge is -2.23. The number of aromatic hydroxyl groups is 1. The molecule has 4 rings (SSSR count). The van der Waals surface area contributed by atoms with Crippen LogP contribution in [0.1, 0.15) is 30.0 Å². The van der Waals surface area contributed by atoms with Crippen LogP contribution in [-0.4, -0.2) is 30.0 Å². The summed E-state index contributed by atoms with van der Waals surface area (Å²) < 4.78 is 16.2. The summed E-state index contributed by atoms with van der Waals surface area (Å²) in [7, 11) is 1.58. The van der Waals surface area contributed by atoms with E-state index in [1.54, 1.807) is 13.2 Å². The number of nitrogens with zero attached hydrogens (tertiary/aromatic N) is 1. The number of hydrogen-bond acceptors (Lipinski definition) is 5. The molecule has 1 atom stereocenters. The van der Waals surface area contributed by atoms with E-state index in [1.807, 2.05) is 12.1 Å². The van der Waals surface area contributed by atoms with Crippen LogP contribution in [0.2, 0.25) is 0 Å². The van der Waals surface area contributed by atoms with Crippen LogP contribution >= 0.6 is 0 Å². The van der Waals surface area contributed by atoms with Crippen molar-refractivity contribution in [1.29, 1.82) is 0 Å². The van der Waals surface area contributed by atoms with E-state index in [-0.39, 0.29) is 5.75 Å². The molecule has 2 heterocycles. The number of ether oxygens (including phenoxy) is 3. The molecule has 0 fully saturated rings. The van der Waals surface area contributed by atoms with Gasteiger partial charge in [-0.15, -0.1) is 0 Å². The van der Waals surface area contributed by atoms with E-state index in [4.69, 9.17) is 14.2 Å². The highest BCUT2D eigenvalue weighted by Crippen LogP contribution is 2.38. The molecule has 0 saturated carbocycles. The van der Waals surface area contributed by atoms with Gasteiger partial charge in [0.05, 0.1) is 7.11 Å². The number of aryl methyl sites for hydroxylation is 1. The lowest BCUT2D eigenvalue weighted by molar-refractivity contribution is 0.173. The average Bonchev–Trinajstić information content (AvgIpc) is 3.24. The van der Waals surface area contributed by atoms with Crippen LogP contribution in [0.5, 0.6) is 23.0 Å². The fourth-order valence-corrected chi connectivity index (χ4v) is 3.56. The molecule has 2 aromatic rings. The highest BCUT2D eigenvalue weighted by Gasteiger charge is 2.26. The molecule has 1 unspecified atom stereocenters. The highest BCUT2D eigenvalue weighted by atomic mass is 16.7. The zero-order chi connectivity index (χ0) is 17.4. The molecule has 0 bridgehead atoms. The molecule has 0 aromatic heterocycles. The zero-order valence-corrected chi connectivity index (χ0v) is 14.6. The Morgan fingerprint density at radius 1 is 1.12 bits per heavy atom. The number of methoxy groups -OCH3 is 1. The molecule has 2 aromatic carbocycles. The Morgan fingerprint density at radius 3 is 2.44 bits per heavy atom. The van der Waals surface area contributed by atoms with Gasteiger partial charge in [-0.2, -0.15) is 0 Å². The van der Waals surface area contributed by atoms with Gasteiger partial charge in [0, 0.05) is 19.1 Å². The molecule has 2 aliphatic rings. The smallest absolute Gasteiger partial charge is 0.231 e. The van der Waals surface area contributed by atoms with Gasteiger partial charge in [0.15, 0.2) is 23.0 Å². The first-order valence-electron chi connectivity index (χ1n) is 8.65. The molecule has 2 aliphatic heterocycles. The van der Waals surface area contributed by atoms with Gasteiger partial charge >= 0.3 is 0 Å². The van der Waals surface area contributed by atoms with Crippen LogP contribution in [0, 0.1) is 0 Å². The minimum atomic E-state index is 0.187. The fraction of sp³-hybridized carbons (Fsp3) is 0.400. The third kappa shape index (κ3) is 3.12. The molecule has 25 heavy (non-hydrogen) atoms. The van der Waals surface area contributed by atoms with Gasteiger partial charge in [-0.3, -0.25) is 4.90 Å². The van der Waals surface area contributed by atoms with Gasteiger partial charge in [-0.25, -0.2) is 0 Å².